The van der Waals surface area contributed by atoms with Gasteiger partial charge in [-0.05, 0) is 32.5 Å². The number of thiocarbonyl (C=S) groups is 1. The fourth-order valence-corrected chi connectivity index (χ4v) is 3.10. The van der Waals surface area contributed by atoms with E-state index in [-0.39, 0.29) is 0 Å². The first-order valence-electron chi connectivity index (χ1n) is 7.04. The Morgan fingerprint density at radius 1 is 1.28 bits per heavy atom. The van der Waals surface area contributed by atoms with Gasteiger partial charge in [-0.25, -0.2) is 0 Å². The highest BCUT2D eigenvalue weighted by Crippen LogP contribution is 2.18. The molecule has 0 saturated carbocycles. The predicted octanol–water partition coefficient (Wildman–Crippen LogP) is 0.705. The number of likely N-dealkylation sites (tertiary alicyclic amines) is 1. The number of ether oxygens (including phenoxy) is 1. The van der Waals surface area contributed by atoms with Gasteiger partial charge in [0, 0.05) is 25.6 Å². The van der Waals surface area contributed by atoms with Crippen molar-refractivity contribution in [2.45, 2.75) is 25.9 Å². The number of likely N-dealkylation sites (N-methyl/N-ethyl adjacent to an activating group) is 1. The maximum Gasteiger partial charge on any atom is 0.0829 e. The molecule has 0 aromatic rings. The molecule has 18 heavy (non-hydrogen) atoms. The molecular weight excluding hydrogens is 246 g/mol. The lowest BCUT2D eigenvalue weighted by Gasteiger charge is -2.37. The molecule has 0 amide bonds. The maximum atomic E-state index is 5.85. The van der Waals surface area contributed by atoms with Crippen molar-refractivity contribution in [1.82, 2.24) is 9.80 Å². The Hall–Kier alpha value is -0.230. The number of morpholine rings is 1. The van der Waals surface area contributed by atoms with Gasteiger partial charge in [0.05, 0.1) is 17.7 Å². The minimum absolute atomic E-state index is 0.375. The third-order valence-corrected chi connectivity index (χ3v) is 4.46. The maximum absolute atomic E-state index is 5.85. The normalized spacial score (nSPS) is 28.4. The number of nitrogens with two attached hydrogens (primary N) is 1. The van der Waals surface area contributed by atoms with Crippen LogP contribution >= 0.6 is 12.2 Å². The third kappa shape index (κ3) is 3.88. The molecule has 2 aliphatic rings. The van der Waals surface area contributed by atoms with Crippen LogP contribution < -0.4 is 5.73 Å². The smallest absolute Gasteiger partial charge is 0.0829 e. The first-order chi connectivity index (χ1) is 8.69. The molecule has 2 N–H and O–H groups in total. The van der Waals surface area contributed by atoms with Gasteiger partial charge < -0.3 is 15.4 Å². The molecule has 5 heteroatoms. The molecule has 104 valence electrons. The van der Waals surface area contributed by atoms with E-state index in [0.717, 1.165) is 58.7 Å². The van der Waals surface area contributed by atoms with Gasteiger partial charge in [0.25, 0.3) is 0 Å². The van der Waals surface area contributed by atoms with Crippen LogP contribution in [0.1, 0.15) is 19.8 Å². The van der Waals surface area contributed by atoms with Crippen LogP contribution in [0.5, 0.6) is 0 Å². The summed E-state index contributed by atoms with van der Waals surface area (Å²) in [5, 5.41) is 0. The van der Waals surface area contributed by atoms with E-state index < -0.39 is 0 Å². The van der Waals surface area contributed by atoms with E-state index in [0.29, 0.717) is 17.0 Å². The molecule has 2 fully saturated rings. The first kappa shape index (κ1) is 14.2. The zero-order valence-electron chi connectivity index (χ0n) is 11.3. The molecule has 1 unspecified atom stereocenters. The van der Waals surface area contributed by atoms with Crippen molar-refractivity contribution in [1.29, 1.82) is 0 Å². The van der Waals surface area contributed by atoms with Crippen molar-refractivity contribution in [3.05, 3.63) is 0 Å². The van der Waals surface area contributed by atoms with Crippen LogP contribution in [0.4, 0.5) is 0 Å². The minimum Gasteiger partial charge on any atom is -0.393 e. The molecule has 0 aliphatic carbocycles. The highest BCUT2D eigenvalue weighted by Gasteiger charge is 2.25. The quantitative estimate of drug-likeness (QED) is 0.763. The zero-order chi connectivity index (χ0) is 13.0. The van der Waals surface area contributed by atoms with E-state index >= 15 is 0 Å². The van der Waals surface area contributed by atoms with Crippen LogP contribution in [-0.4, -0.2) is 66.8 Å². The molecule has 0 spiro atoms. The van der Waals surface area contributed by atoms with Crippen LogP contribution in [-0.2, 0) is 4.74 Å². The van der Waals surface area contributed by atoms with Gasteiger partial charge in [-0.2, -0.15) is 0 Å². The van der Waals surface area contributed by atoms with E-state index in [4.69, 9.17) is 22.7 Å². The van der Waals surface area contributed by atoms with E-state index in [1.165, 1.54) is 0 Å². The predicted molar refractivity (Wildman–Crippen MR) is 77.8 cm³/mol. The number of nitrogens with zero attached hydrogens (tertiary/aromatic N) is 2. The fourth-order valence-electron chi connectivity index (χ4n) is 2.87. The summed E-state index contributed by atoms with van der Waals surface area (Å²) in [6.07, 6.45) is 2.60. The van der Waals surface area contributed by atoms with Crippen molar-refractivity contribution < 1.29 is 4.74 Å². The van der Waals surface area contributed by atoms with Crippen LogP contribution in [0, 0.1) is 5.92 Å². The second kappa shape index (κ2) is 6.80. The lowest BCUT2D eigenvalue weighted by Crippen LogP contribution is -2.49. The Bertz CT molecular complexity index is 279. The van der Waals surface area contributed by atoms with Crippen molar-refractivity contribution >= 4 is 17.2 Å². The van der Waals surface area contributed by atoms with E-state index in [2.05, 4.69) is 16.7 Å². The van der Waals surface area contributed by atoms with Gasteiger partial charge in [-0.15, -0.1) is 0 Å². The van der Waals surface area contributed by atoms with Gasteiger partial charge in [0.2, 0.25) is 0 Å². The average Bonchev–Trinajstić information content (AvgIpc) is 2.39. The molecule has 2 heterocycles. The van der Waals surface area contributed by atoms with Gasteiger partial charge in [0.15, 0.2) is 0 Å². The van der Waals surface area contributed by atoms with Crippen molar-refractivity contribution in [3.63, 3.8) is 0 Å². The minimum atomic E-state index is 0.375. The van der Waals surface area contributed by atoms with Gasteiger partial charge in [0.1, 0.15) is 0 Å². The number of piperidine rings is 1. The molecule has 2 rings (SSSR count). The molecule has 2 aliphatic heterocycles. The highest BCUT2D eigenvalue weighted by molar-refractivity contribution is 7.80. The largest absolute Gasteiger partial charge is 0.393 e. The standard InChI is InChI=1S/C13H25N3OS/c1-2-15-7-8-17-12(9-15)10-16-5-3-11(4-6-16)13(14)18/h11-12H,2-10H2,1H3,(H2,14,18). The van der Waals surface area contributed by atoms with Gasteiger partial charge in [-0.3, -0.25) is 4.90 Å². The Morgan fingerprint density at radius 2 is 2.00 bits per heavy atom. The molecule has 1 atom stereocenters. The zero-order valence-corrected chi connectivity index (χ0v) is 12.1. The summed E-state index contributed by atoms with van der Waals surface area (Å²) in [6, 6.07) is 0. The summed E-state index contributed by atoms with van der Waals surface area (Å²) < 4.78 is 5.85. The second-order valence-electron chi connectivity index (χ2n) is 5.36. The molecule has 0 aromatic carbocycles. The number of rotatable bonds is 4. The average molecular weight is 271 g/mol. The highest BCUT2D eigenvalue weighted by atomic mass is 32.1. The van der Waals surface area contributed by atoms with Gasteiger partial charge >= 0.3 is 0 Å². The van der Waals surface area contributed by atoms with Crippen molar-refractivity contribution in [2.24, 2.45) is 11.7 Å². The summed E-state index contributed by atoms with van der Waals surface area (Å²) in [5.74, 6) is 0.454. The monoisotopic (exact) mass is 271 g/mol. The lowest BCUT2D eigenvalue weighted by atomic mass is 9.97. The SMILES string of the molecule is CCN1CCOC(CN2CCC(C(N)=S)CC2)C1. The van der Waals surface area contributed by atoms with Gasteiger partial charge in [-0.1, -0.05) is 19.1 Å². The second-order valence-corrected chi connectivity index (χ2v) is 5.83. The molecule has 4 nitrogen and oxygen atoms in total. The Labute approximate surface area is 115 Å². The summed E-state index contributed by atoms with van der Waals surface area (Å²) in [5.41, 5.74) is 5.71. The summed E-state index contributed by atoms with van der Waals surface area (Å²) in [4.78, 5) is 5.66. The third-order valence-electron chi connectivity index (χ3n) is 4.12. The topological polar surface area (TPSA) is 41.7 Å². The Kier molecular flexibility index (Phi) is 5.36. The van der Waals surface area contributed by atoms with E-state index in [9.17, 15) is 0 Å². The van der Waals surface area contributed by atoms with Crippen LogP contribution in [0.25, 0.3) is 0 Å². The molecule has 0 aromatic heterocycles. The summed E-state index contributed by atoms with van der Waals surface area (Å²) in [6.45, 7) is 9.64. The van der Waals surface area contributed by atoms with Crippen molar-refractivity contribution in [3.8, 4) is 0 Å². The Balaban J connectivity index is 1.72. The summed E-state index contributed by atoms with van der Waals surface area (Å²) >= 11 is 5.07. The van der Waals surface area contributed by atoms with Crippen LogP contribution in [0.15, 0.2) is 0 Å². The first-order valence-corrected chi connectivity index (χ1v) is 7.45. The lowest BCUT2D eigenvalue weighted by molar-refractivity contribution is -0.0443. The number of hydrogen-bond acceptors (Lipinski definition) is 4. The van der Waals surface area contributed by atoms with Crippen LogP contribution in [0.3, 0.4) is 0 Å². The molecule has 2 saturated heterocycles. The molecular formula is C13H25N3OS. The van der Waals surface area contributed by atoms with E-state index in [1.54, 1.807) is 0 Å². The van der Waals surface area contributed by atoms with E-state index in [1.807, 2.05) is 0 Å². The Morgan fingerprint density at radius 3 is 2.61 bits per heavy atom. The molecule has 0 bridgehead atoms. The summed E-state index contributed by atoms with van der Waals surface area (Å²) in [7, 11) is 0. The fraction of sp³-hybridized carbons (Fsp3) is 0.923. The molecule has 0 radical (unpaired) electrons. The number of hydrogen-bond donors (Lipinski definition) is 1. The van der Waals surface area contributed by atoms with Crippen molar-refractivity contribution in [2.75, 3.05) is 45.9 Å². The van der Waals surface area contributed by atoms with Crippen LogP contribution in [0.2, 0.25) is 0 Å².